The van der Waals surface area contributed by atoms with Crippen LogP contribution in [0.4, 0.5) is 8.78 Å². The van der Waals surface area contributed by atoms with E-state index in [9.17, 15) is 8.78 Å². The van der Waals surface area contributed by atoms with Gasteiger partial charge in [-0.05, 0) is 54.5 Å². The molecule has 0 radical (unpaired) electrons. The molecule has 0 fully saturated rings. The quantitative estimate of drug-likeness (QED) is 0.421. The normalized spacial score (nSPS) is 10.4. The van der Waals surface area contributed by atoms with Gasteiger partial charge in [0.25, 0.3) is 0 Å². The van der Waals surface area contributed by atoms with Crippen molar-refractivity contribution in [2.45, 2.75) is 20.0 Å². The van der Waals surface area contributed by atoms with Gasteiger partial charge in [-0.1, -0.05) is 24.3 Å². The summed E-state index contributed by atoms with van der Waals surface area (Å²) in [5, 5.41) is 9.62. The smallest absolute Gasteiger partial charge is 0.214 e. The Kier molecular flexibility index (Phi) is 6.36. The summed E-state index contributed by atoms with van der Waals surface area (Å²) in [7, 11) is 2.60. The minimum absolute atomic E-state index is 0.0341. The van der Waals surface area contributed by atoms with Gasteiger partial charge in [0, 0.05) is 17.2 Å². The zero-order valence-electron chi connectivity index (χ0n) is 15.9. The Balaban J connectivity index is 1.82. The summed E-state index contributed by atoms with van der Waals surface area (Å²) in [6.07, 6.45) is 0.472. The van der Waals surface area contributed by atoms with E-state index in [4.69, 9.17) is 10.00 Å². The van der Waals surface area contributed by atoms with Gasteiger partial charge in [0.05, 0.1) is 17.3 Å². The molecule has 0 aliphatic rings. The summed E-state index contributed by atoms with van der Waals surface area (Å²) in [5.41, 5.74) is 3.20. The van der Waals surface area contributed by atoms with Gasteiger partial charge in [-0.15, -0.1) is 9.24 Å². The third-order valence-electron chi connectivity index (χ3n) is 4.27. The lowest BCUT2D eigenvalue weighted by molar-refractivity contribution is 0.288. The van der Waals surface area contributed by atoms with Gasteiger partial charge in [-0.2, -0.15) is 5.26 Å². The van der Waals surface area contributed by atoms with Gasteiger partial charge in [-0.3, -0.25) is 0 Å². The van der Waals surface area contributed by atoms with Gasteiger partial charge in [-0.25, -0.2) is 13.8 Å². The molecule has 1 aromatic heterocycles. The van der Waals surface area contributed by atoms with Gasteiger partial charge in [0.15, 0.2) is 0 Å². The van der Waals surface area contributed by atoms with Crippen LogP contribution in [0.25, 0.3) is 11.3 Å². The largest absolute Gasteiger partial charge is 0.473 e. The predicted octanol–water partition coefficient (Wildman–Crippen LogP) is 5.10. The second kappa shape index (κ2) is 8.94. The Morgan fingerprint density at radius 1 is 1.14 bits per heavy atom. The van der Waals surface area contributed by atoms with E-state index in [2.05, 4.69) is 20.8 Å². The SMILES string of the molecule is C=C(C)Cc1cc(P)c(-c2cccc(OCc3ccc(C#N)cc3F)n2)cc1F. The number of ether oxygens (including phenoxy) is 1. The van der Waals surface area contributed by atoms with Crippen molar-refractivity contribution in [3.05, 3.63) is 89.0 Å². The standard InChI is InChI=1S/C23H19F2N2OP/c1-14(2)8-17-10-22(29)18(11-20(17)25)21-4-3-5-23(27-21)28-13-16-7-6-15(12-26)9-19(16)24/h3-7,9-11H,1,8,13,29H2,2H3. The fourth-order valence-electron chi connectivity index (χ4n) is 2.85. The van der Waals surface area contributed by atoms with Crippen molar-refractivity contribution in [1.82, 2.24) is 4.98 Å². The van der Waals surface area contributed by atoms with E-state index in [0.29, 0.717) is 34.7 Å². The number of pyridine rings is 1. The minimum Gasteiger partial charge on any atom is -0.473 e. The van der Waals surface area contributed by atoms with Gasteiger partial charge < -0.3 is 4.74 Å². The number of aromatic nitrogens is 1. The summed E-state index contributed by atoms with van der Waals surface area (Å²) in [4.78, 5) is 4.42. The summed E-state index contributed by atoms with van der Waals surface area (Å²) >= 11 is 0. The van der Waals surface area contributed by atoms with Crippen molar-refractivity contribution in [2.24, 2.45) is 0 Å². The molecule has 3 rings (SSSR count). The average Bonchev–Trinajstić information content (AvgIpc) is 2.69. The molecule has 6 heteroatoms. The number of rotatable bonds is 6. The van der Waals surface area contributed by atoms with E-state index in [1.165, 1.54) is 24.3 Å². The zero-order chi connectivity index (χ0) is 21.0. The first kappa shape index (κ1) is 20.6. The summed E-state index contributed by atoms with van der Waals surface area (Å²) in [5.74, 6) is -0.535. The van der Waals surface area contributed by atoms with Crippen LogP contribution in [0.2, 0.25) is 0 Å². The van der Waals surface area contributed by atoms with Crippen LogP contribution in [0, 0.1) is 23.0 Å². The van der Waals surface area contributed by atoms with Crippen molar-refractivity contribution >= 4 is 14.5 Å². The average molecular weight is 408 g/mol. The predicted molar refractivity (Wildman–Crippen MR) is 113 cm³/mol. The third kappa shape index (κ3) is 5.04. The molecule has 0 saturated carbocycles. The second-order valence-electron chi connectivity index (χ2n) is 6.73. The van der Waals surface area contributed by atoms with Gasteiger partial charge in [0.1, 0.15) is 18.2 Å². The summed E-state index contributed by atoms with van der Waals surface area (Å²) < 4.78 is 34.1. The molecule has 0 saturated heterocycles. The molecule has 0 amide bonds. The Hall–Kier alpha value is -3.09. The lowest BCUT2D eigenvalue weighted by atomic mass is 10.0. The maximum absolute atomic E-state index is 14.5. The van der Waals surface area contributed by atoms with Crippen molar-refractivity contribution in [3.63, 3.8) is 0 Å². The Morgan fingerprint density at radius 2 is 1.90 bits per heavy atom. The maximum Gasteiger partial charge on any atom is 0.214 e. The first-order valence-corrected chi connectivity index (χ1v) is 9.46. The Morgan fingerprint density at radius 3 is 2.59 bits per heavy atom. The molecule has 29 heavy (non-hydrogen) atoms. The van der Waals surface area contributed by atoms with E-state index in [-0.39, 0.29) is 18.0 Å². The van der Waals surface area contributed by atoms with Crippen LogP contribution in [-0.4, -0.2) is 4.98 Å². The number of halogens is 2. The van der Waals surface area contributed by atoms with Crippen LogP contribution in [0.5, 0.6) is 5.88 Å². The van der Waals surface area contributed by atoms with Crippen LogP contribution in [-0.2, 0) is 13.0 Å². The molecule has 0 spiro atoms. The molecule has 146 valence electrons. The van der Waals surface area contributed by atoms with Gasteiger partial charge in [0.2, 0.25) is 5.88 Å². The van der Waals surface area contributed by atoms with E-state index < -0.39 is 5.82 Å². The monoisotopic (exact) mass is 408 g/mol. The first-order chi connectivity index (χ1) is 13.9. The zero-order valence-corrected chi connectivity index (χ0v) is 17.0. The maximum atomic E-state index is 14.5. The number of allylic oxidation sites excluding steroid dienone is 1. The van der Waals surface area contributed by atoms with Crippen molar-refractivity contribution < 1.29 is 13.5 Å². The number of nitriles is 1. The third-order valence-corrected chi connectivity index (χ3v) is 4.75. The molecule has 1 unspecified atom stereocenters. The van der Waals surface area contributed by atoms with E-state index >= 15 is 0 Å². The highest BCUT2D eigenvalue weighted by atomic mass is 31.0. The summed E-state index contributed by atoms with van der Waals surface area (Å²) in [6.45, 7) is 5.65. The van der Waals surface area contributed by atoms with E-state index in [0.717, 1.165) is 10.9 Å². The summed E-state index contributed by atoms with van der Waals surface area (Å²) in [6, 6.07) is 14.5. The first-order valence-electron chi connectivity index (χ1n) is 8.88. The molecule has 3 nitrogen and oxygen atoms in total. The highest BCUT2D eigenvalue weighted by Crippen LogP contribution is 2.24. The molecule has 0 aliphatic carbocycles. The van der Waals surface area contributed by atoms with Crippen molar-refractivity contribution in [2.75, 3.05) is 0 Å². The minimum atomic E-state index is -0.511. The van der Waals surface area contributed by atoms with Crippen LogP contribution in [0.15, 0.2) is 60.7 Å². The number of benzene rings is 2. The topological polar surface area (TPSA) is 45.9 Å². The molecule has 0 bridgehead atoms. The van der Waals surface area contributed by atoms with Crippen LogP contribution in [0.1, 0.15) is 23.6 Å². The lowest BCUT2D eigenvalue weighted by Crippen LogP contribution is -2.05. The number of hydrogen-bond acceptors (Lipinski definition) is 3. The van der Waals surface area contributed by atoms with Crippen LogP contribution < -0.4 is 10.0 Å². The fraction of sp³-hybridized carbons (Fsp3) is 0.130. The second-order valence-corrected chi connectivity index (χ2v) is 7.35. The fourth-order valence-corrected chi connectivity index (χ4v) is 3.28. The lowest BCUT2D eigenvalue weighted by Gasteiger charge is -2.12. The molecule has 0 N–H and O–H groups in total. The molecule has 3 aromatic rings. The molecule has 1 atom stereocenters. The van der Waals surface area contributed by atoms with E-state index in [1.54, 1.807) is 24.3 Å². The number of nitrogens with zero attached hydrogens (tertiary/aromatic N) is 2. The van der Waals surface area contributed by atoms with Crippen molar-refractivity contribution in [1.29, 1.82) is 5.26 Å². The Bertz CT molecular complexity index is 1120. The molecular formula is C23H19F2N2OP. The van der Waals surface area contributed by atoms with Gasteiger partial charge >= 0.3 is 0 Å². The van der Waals surface area contributed by atoms with Crippen molar-refractivity contribution in [3.8, 4) is 23.2 Å². The van der Waals surface area contributed by atoms with E-state index in [1.807, 2.05) is 13.0 Å². The highest BCUT2D eigenvalue weighted by Gasteiger charge is 2.12. The molecule has 1 heterocycles. The van der Waals surface area contributed by atoms with Crippen LogP contribution in [0.3, 0.4) is 0 Å². The highest BCUT2D eigenvalue weighted by molar-refractivity contribution is 7.28. The Labute approximate surface area is 170 Å². The number of hydrogen-bond donors (Lipinski definition) is 0. The molecular weight excluding hydrogens is 389 g/mol. The van der Waals surface area contributed by atoms with Crippen LogP contribution >= 0.6 is 9.24 Å². The molecule has 2 aromatic carbocycles. The molecule has 0 aliphatic heterocycles.